The van der Waals surface area contributed by atoms with E-state index in [2.05, 4.69) is 11.1 Å². The van der Waals surface area contributed by atoms with Crippen LogP contribution in [0.1, 0.15) is 33.5 Å². The van der Waals surface area contributed by atoms with Gasteiger partial charge in [0, 0.05) is 12.4 Å². The van der Waals surface area contributed by atoms with Crippen LogP contribution in [0.5, 0.6) is 0 Å². The van der Waals surface area contributed by atoms with Crippen LogP contribution in [0.15, 0.2) is 30.9 Å². The van der Waals surface area contributed by atoms with Crippen LogP contribution in [0.25, 0.3) is 11.8 Å². The highest BCUT2D eigenvalue weighted by atomic mass is 16.4. The molecule has 0 atom stereocenters. The third-order valence-corrected chi connectivity index (χ3v) is 3.56. The molecule has 0 aliphatic heterocycles. The highest BCUT2D eigenvalue weighted by molar-refractivity contribution is 5.94. The molecule has 1 aliphatic carbocycles. The van der Waals surface area contributed by atoms with Crippen LogP contribution in [-0.4, -0.2) is 20.6 Å². The number of allylic oxidation sites excluding steroid dienone is 1. The van der Waals surface area contributed by atoms with Crippen molar-refractivity contribution in [2.45, 2.75) is 19.8 Å². The third-order valence-electron chi connectivity index (χ3n) is 3.56. The summed E-state index contributed by atoms with van der Waals surface area (Å²) in [5, 5.41) is 9.43. The average molecular weight is 254 g/mol. The Hall–Kier alpha value is -2.36. The molecule has 0 fully saturated rings. The molecular weight excluding hydrogens is 240 g/mol. The zero-order valence-electron chi connectivity index (χ0n) is 10.6. The Labute approximate surface area is 111 Å². The fourth-order valence-electron chi connectivity index (χ4n) is 2.68. The number of aromatic nitrogens is 2. The standard InChI is InChI=1S/C15H14N2O2/c1-10-12-5-3-2-4-11(12)8-13(15(18)19)14(10)17-7-6-16-9-17/h2,4,6-9H,3,5H2,1H3,(H,18,19). The van der Waals surface area contributed by atoms with Gasteiger partial charge >= 0.3 is 5.97 Å². The molecule has 1 heterocycles. The first-order chi connectivity index (χ1) is 9.18. The fraction of sp³-hybridized carbons (Fsp3) is 0.200. The van der Waals surface area contributed by atoms with Crippen molar-refractivity contribution in [2.24, 2.45) is 0 Å². The van der Waals surface area contributed by atoms with Crippen LogP contribution in [0, 0.1) is 6.92 Å². The number of fused-ring (bicyclic) bond motifs is 1. The van der Waals surface area contributed by atoms with E-state index < -0.39 is 5.97 Å². The maximum atomic E-state index is 11.5. The highest BCUT2D eigenvalue weighted by Crippen LogP contribution is 2.30. The van der Waals surface area contributed by atoms with Gasteiger partial charge in [0.25, 0.3) is 0 Å². The summed E-state index contributed by atoms with van der Waals surface area (Å²) < 4.78 is 1.78. The molecule has 1 aliphatic rings. The number of rotatable bonds is 2. The lowest BCUT2D eigenvalue weighted by atomic mass is 9.89. The zero-order valence-corrected chi connectivity index (χ0v) is 10.6. The zero-order chi connectivity index (χ0) is 13.4. The maximum Gasteiger partial charge on any atom is 0.337 e. The van der Waals surface area contributed by atoms with Gasteiger partial charge in [0.2, 0.25) is 0 Å². The van der Waals surface area contributed by atoms with Gasteiger partial charge in [-0.05, 0) is 42.5 Å². The molecule has 96 valence electrons. The van der Waals surface area contributed by atoms with Gasteiger partial charge in [0.15, 0.2) is 0 Å². The van der Waals surface area contributed by atoms with E-state index in [1.54, 1.807) is 29.4 Å². The second-order valence-corrected chi connectivity index (χ2v) is 4.68. The van der Waals surface area contributed by atoms with Crippen LogP contribution < -0.4 is 0 Å². The van der Waals surface area contributed by atoms with Gasteiger partial charge in [0.05, 0.1) is 17.6 Å². The molecule has 4 nitrogen and oxygen atoms in total. The molecule has 19 heavy (non-hydrogen) atoms. The Morgan fingerprint density at radius 3 is 3.00 bits per heavy atom. The predicted octanol–water partition coefficient (Wildman–Crippen LogP) is 2.84. The van der Waals surface area contributed by atoms with E-state index in [0.29, 0.717) is 5.56 Å². The molecule has 0 unspecified atom stereocenters. The summed E-state index contributed by atoms with van der Waals surface area (Å²) in [6, 6.07) is 1.76. The van der Waals surface area contributed by atoms with Crippen molar-refractivity contribution in [1.82, 2.24) is 9.55 Å². The lowest BCUT2D eigenvalue weighted by molar-refractivity contribution is 0.0696. The summed E-state index contributed by atoms with van der Waals surface area (Å²) in [6.45, 7) is 1.99. The van der Waals surface area contributed by atoms with Crippen molar-refractivity contribution >= 4 is 12.0 Å². The van der Waals surface area contributed by atoms with Gasteiger partial charge in [-0.1, -0.05) is 12.2 Å². The van der Waals surface area contributed by atoms with Gasteiger partial charge in [0.1, 0.15) is 0 Å². The monoisotopic (exact) mass is 254 g/mol. The van der Waals surface area contributed by atoms with E-state index in [-0.39, 0.29) is 0 Å². The van der Waals surface area contributed by atoms with Gasteiger partial charge in [-0.2, -0.15) is 0 Å². The first kappa shape index (κ1) is 11.7. The van der Waals surface area contributed by atoms with Gasteiger partial charge in [-0.3, -0.25) is 0 Å². The molecule has 0 saturated carbocycles. The summed E-state index contributed by atoms with van der Waals surface area (Å²) in [5.41, 5.74) is 4.32. The lowest BCUT2D eigenvalue weighted by Crippen LogP contribution is -2.11. The first-order valence-corrected chi connectivity index (χ1v) is 6.23. The van der Waals surface area contributed by atoms with E-state index in [9.17, 15) is 9.90 Å². The first-order valence-electron chi connectivity index (χ1n) is 6.23. The Bertz CT molecular complexity index is 670. The van der Waals surface area contributed by atoms with Crippen molar-refractivity contribution < 1.29 is 9.90 Å². The molecule has 1 aromatic carbocycles. The lowest BCUT2D eigenvalue weighted by Gasteiger charge is -2.19. The van der Waals surface area contributed by atoms with Gasteiger partial charge < -0.3 is 9.67 Å². The molecule has 0 amide bonds. The van der Waals surface area contributed by atoms with Crippen LogP contribution >= 0.6 is 0 Å². The Morgan fingerprint density at radius 2 is 2.32 bits per heavy atom. The minimum Gasteiger partial charge on any atom is -0.478 e. The molecule has 0 spiro atoms. The molecule has 0 radical (unpaired) electrons. The second kappa shape index (κ2) is 4.39. The normalized spacial score (nSPS) is 13.3. The summed E-state index contributed by atoms with van der Waals surface area (Å²) in [4.78, 5) is 15.5. The number of nitrogens with zero attached hydrogens (tertiary/aromatic N) is 2. The number of carboxylic acid groups (broad SMARTS) is 1. The molecule has 0 bridgehead atoms. The molecular formula is C15H14N2O2. The van der Waals surface area contributed by atoms with E-state index in [4.69, 9.17) is 0 Å². The van der Waals surface area contributed by atoms with Crippen molar-refractivity contribution in [1.29, 1.82) is 0 Å². The van der Waals surface area contributed by atoms with Crippen LogP contribution in [0.3, 0.4) is 0 Å². The predicted molar refractivity (Wildman–Crippen MR) is 72.6 cm³/mol. The fourth-order valence-corrected chi connectivity index (χ4v) is 2.68. The van der Waals surface area contributed by atoms with E-state index in [1.807, 2.05) is 13.0 Å². The topological polar surface area (TPSA) is 55.1 Å². The summed E-state index contributed by atoms with van der Waals surface area (Å²) >= 11 is 0. The van der Waals surface area contributed by atoms with Gasteiger partial charge in [-0.25, -0.2) is 9.78 Å². The van der Waals surface area contributed by atoms with E-state index in [1.165, 1.54) is 5.56 Å². The molecule has 0 saturated heterocycles. The van der Waals surface area contributed by atoms with Crippen LogP contribution in [0.4, 0.5) is 0 Å². The van der Waals surface area contributed by atoms with Crippen molar-refractivity contribution in [2.75, 3.05) is 0 Å². The molecule has 1 N–H and O–H groups in total. The maximum absolute atomic E-state index is 11.5. The minimum atomic E-state index is -0.909. The smallest absolute Gasteiger partial charge is 0.337 e. The van der Waals surface area contributed by atoms with Gasteiger partial charge in [-0.15, -0.1) is 0 Å². The second-order valence-electron chi connectivity index (χ2n) is 4.68. The minimum absolute atomic E-state index is 0.320. The quantitative estimate of drug-likeness (QED) is 0.896. The van der Waals surface area contributed by atoms with Crippen molar-refractivity contribution in [3.63, 3.8) is 0 Å². The number of imidazole rings is 1. The Kier molecular flexibility index (Phi) is 2.71. The summed E-state index contributed by atoms with van der Waals surface area (Å²) in [5.74, 6) is -0.909. The van der Waals surface area contributed by atoms with Crippen LogP contribution in [0.2, 0.25) is 0 Å². The molecule has 1 aromatic heterocycles. The Balaban J connectivity index is 2.33. The molecule has 4 heteroatoms. The Morgan fingerprint density at radius 1 is 1.47 bits per heavy atom. The summed E-state index contributed by atoms with van der Waals surface area (Å²) in [7, 11) is 0. The summed E-state index contributed by atoms with van der Waals surface area (Å²) in [6.07, 6.45) is 11.1. The number of hydrogen-bond donors (Lipinski definition) is 1. The SMILES string of the molecule is Cc1c2c(cc(C(=O)O)c1-n1ccnc1)C=CCC2. The number of benzene rings is 1. The van der Waals surface area contributed by atoms with Crippen molar-refractivity contribution in [3.05, 3.63) is 53.1 Å². The number of hydrogen-bond acceptors (Lipinski definition) is 2. The van der Waals surface area contributed by atoms with E-state index >= 15 is 0 Å². The highest BCUT2D eigenvalue weighted by Gasteiger charge is 2.20. The number of aromatic carboxylic acids is 1. The molecule has 3 rings (SSSR count). The number of carboxylic acids is 1. The number of carbonyl (C=O) groups is 1. The van der Waals surface area contributed by atoms with Crippen molar-refractivity contribution in [3.8, 4) is 5.69 Å². The third kappa shape index (κ3) is 1.85. The van der Waals surface area contributed by atoms with E-state index in [0.717, 1.165) is 29.7 Å². The van der Waals surface area contributed by atoms with Crippen LogP contribution in [-0.2, 0) is 6.42 Å². The largest absolute Gasteiger partial charge is 0.478 e. The molecule has 2 aromatic rings. The average Bonchev–Trinajstić information content (AvgIpc) is 2.92.